The number of fused-ring (bicyclic) bond motifs is 1. The number of hydrogen-bond donors (Lipinski definition) is 3. The smallest absolute Gasteiger partial charge is 0.280 e. The first kappa shape index (κ1) is 16.3. The number of para-hydroxylation sites is 1. The second-order valence-electron chi connectivity index (χ2n) is 5.20. The van der Waals surface area contributed by atoms with E-state index < -0.39 is 11.5 Å². The number of rotatable bonds is 4. The summed E-state index contributed by atoms with van der Waals surface area (Å²) in [6.07, 6.45) is 1.41. The Morgan fingerprint density at radius 3 is 2.84 bits per heavy atom. The minimum Gasteiger partial charge on any atom is -0.506 e. The minimum absolute atomic E-state index is 0.379. The molecule has 3 rings (SSSR count). The van der Waals surface area contributed by atoms with E-state index in [4.69, 9.17) is 4.74 Å². The fourth-order valence-electron chi connectivity index (χ4n) is 2.38. The van der Waals surface area contributed by atoms with E-state index in [1.165, 1.54) is 6.21 Å². The first-order valence-corrected chi connectivity index (χ1v) is 7.41. The Kier molecular flexibility index (Phi) is 4.47. The standard InChI is InChI=1S/C18H15N3O4/c1-25-12-6-4-5-11(9-12)10-19-21-18(24)15-16(22)13-7-2-3-8-14(13)20-17(15)23/h2-10H,1H3,(H,21,24)(H2,20,22,23)/b19-10+. The van der Waals surface area contributed by atoms with Gasteiger partial charge in [-0.25, -0.2) is 5.43 Å². The van der Waals surface area contributed by atoms with Crippen molar-refractivity contribution in [1.82, 2.24) is 10.4 Å². The molecule has 7 heteroatoms. The predicted molar refractivity (Wildman–Crippen MR) is 94.3 cm³/mol. The third-order valence-corrected chi connectivity index (χ3v) is 3.59. The molecule has 0 radical (unpaired) electrons. The van der Waals surface area contributed by atoms with Crippen molar-refractivity contribution in [3.05, 3.63) is 70.0 Å². The van der Waals surface area contributed by atoms with Gasteiger partial charge in [-0.15, -0.1) is 0 Å². The summed E-state index contributed by atoms with van der Waals surface area (Å²) in [4.78, 5) is 26.8. The number of pyridine rings is 1. The van der Waals surface area contributed by atoms with Crippen molar-refractivity contribution >= 4 is 23.0 Å². The first-order chi connectivity index (χ1) is 12.1. The Balaban J connectivity index is 1.85. The van der Waals surface area contributed by atoms with Crippen LogP contribution in [-0.4, -0.2) is 29.3 Å². The molecule has 1 heterocycles. The summed E-state index contributed by atoms with van der Waals surface area (Å²) in [5, 5.41) is 14.4. The lowest BCUT2D eigenvalue weighted by molar-refractivity contribution is 0.0951. The molecule has 0 bridgehead atoms. The van der Waals surface area contributed by atoms with E-state index in [0.717, 1.165) is 0 Å². The van der Waals surface area contributed by atoms with Crippen molar-refractivity contribution < 1.29 is 14.6 Å². The van der Waals surface area contributed by atoms with Crippen LogP contribution < -0.4 is 15.7 Å². The lowest BCUT2D eigenvalue weighted by atomic mass is 10.1. The summed E-state index contributed by atoms with van der Waals surface area (Å²) in [5.41, 5.74) is 2.31. The average Bonchev–Trinajstić information content (AvgIpc) is 2.62. The molecule has 1 amide bonds. The van der Waals surface area contributed by atoms with Crippen LogP contribution in [0.4, 0.5) is 0 Å². The van der Waals surface area contributed by atoms with Gasteiger partial charge in [0, 0.05) is 5.39 Å². The quantitative estimate of drug-likeness (QED) is 0.500. The van der Waals surface area contributed by atoms with Gasteiger partial charge in [-0.05, 0) is 29.8 Å². The summed E-state index contributed by atoms with van der Waals surface area (Å²) in [6.45, 7) is 0. The third kappa shape index (κ3) is 3.35. The highest BCUT2D eigenvalue weighted by atomic mass is 16.5. The number of amides is 1. The van der Waals surface area contributed by atoms with Crippen LogP contribution >= 0.6 is 0 Å². The van der Waals surface area contributed by atoms with E-state index in [2.05, 4.69) is 15.5 Å². The highest BCUT2D eigenvalue weighted by Gasteiger charge is 2.18. The van der Waals surface area contributed by atoms with Gasteiger partial charge in [-0.2, -0.15) is 5.10 Å². The summed E-state index contributed by atoms with van der Waals surface area (Å²) in [6, 6.07) is 13.7. The molecule has 7 nitrogen and oxygen atoms in total. The van der Waals surface area contributed by atoms with E-state index in [9.17, 15) is 14.7 Å². The summed E-state index contributed by atoms with van der Waals surface area (Å²) in [5.74, 6) is -0.532. The van der Waals surface area contributed by atoms with Crippen LogP contribution in [-0.2, 0) is 0 Å². The Bertz CT molecular complexity index is 1020. The number of ether oxygens (including phenoxy) is 1. The molecular weight excluding hydrogens is 322 g/mol. The number of aromatic amines is 1. The highest BCUT2D eigenvalue weighted by molar-refractivity contribution is 6.02. The first-order valence-electron chi connectivity index (χ1n) is 7.41. The number of H-pyrrole nitrogens is 1. The van der Waals surface area contributed by atoms with E-state index in [-0.39, 0.29) is 11.3 Å². The number of aromatic nitrogens is 1. The molecule has 0 atom stereocenters. The van der Waals surface area contributed by atoms with Gasteiger partial charge in [0.1, 0.15) is 17.1 Å². The molecule has 0 aliphatic carbocycles. The van der Waals surface area contributed by atoms with Crippen LogP contribution in [0.5, 0.6) is 11.5 Å². The van der Waals surface area contributed by atoms with Gasteiger partial charge in [0.05, 0.1) is 18.8 Å². The normalized spacial score (nSPS) is 10.9. The Morgan fingerprint density at radius 2 is 2.04 bits per heavy atom. The monoisotopic (exact) mass is 337 g/mol. The van der Waals surface area contributed by atoms with Crippen molar-refractivity contribution in [2.24, 2.45) is 5.10 Å². The lowest BCUT2D eigenvalue weighted by Crippen LogP contribution is -2.26. The van der Waals surface area contributed by atoms with E-state index in [0.29, 0.717) is 22.2 Å². The fraction of sp³-hybridized carbons (Fsp3) is 0.0556. The van der Waals surface area contributed by atoms with Gasteiger partial charge in [-0.1, -0.05) is 24.3 Å². The van der Waals surface area contributed by atoms with Crippen LogP contribution in [0.15, 0.2) is 58.4 Å². The average molecular weight is 337 g/mol. The van der Waals surface area contributed by atoms with Crippen molar-refractivity contribution in [2.45, 2.75) is 0 Å². The van der Waals surface area contributed by atoms with Crippen molar-refractivity contribution in [3.8, 4) is 11.5 Å². The van der Waals surface area contributed by atoms with E-state index >= 15 is 0 Å². The van der Waals surface area contributed by atoms with E-state index in [1.54, 1.807) is 55.6 Å². The van der Waals surface area contributed by atoms with Gasteiger partial charge in [0.15, 0.2) is 0 Å². The molecule has 0 saturated heterocycles. The molecule has 0 unspecified atom stereocenters. The second kappa shape index (κ2) is 6.88. The fourth-order valence-corrected chi connectivity index (χ4v) is 2.38. The van der Waals surface area contributed by atoms with Crippen LogP contribution in [0.2, 0.25) is 0 Å². The molecule has 0 fully saturated rings. The maximum absolute atomic E-state index is 12.2. The maximum Gasteiger partial charge on any atom is 0.280 e. The molecular formula is C18H15N3O4. The Labute approximate surface area is 142 Å². The van der Waals surface area contributed by atoms with Crippen LogP contribution in [0.1, 0.15) is 15.9 Å². The highest BCUT2D eigenvalue weighted by Crippen LogP contribution is 2.24. The molecule has 0 spiro atoms. The summed E-state index contributed by atoms with van der Waals surface area (Å²) >= 11 is 0. The predicted octanol–water partition coefficient (Wildman–Crippen LogP) is 2.01. The van der Waals surface area contributed by atoms with Crippen LogP contribution in [0, 0.1) is 0 Å². The number of carbonyl (C=O) groups is 1. The zero-order valence-corrected chi connectivity index (χ0v) is 13.3. The third-order valence-electron chi connectivity index (χ3n) is 3.59. The lowest BCUT2D eigenvalue weighted by Gasteiger charge is -2.06. The van der Waals surface area contributed by atoms with Crippen molar-refractivity contribution in [2.75, 3.05) is 7.11 Å². The number of nitrogens with zero attached hydrogens (tertiary/aromatic N) is 1. The number of hydrogen-bond acceptors (Lipinski definition) is 5. The maximum atomic E-state index is 12.2. The van der Waals surface area contributed by atoms with Crippen molar-refractivity contribution in [1.29, 1.82) is 0 Å². The number of nitrogens with one attached hydrogen (secondary N) is 2. The molecule has 3 N–H and O–H groups in total. The zero-order chi connectivity index (χ0) is 17.8. The SMILES string of the molecule is COc1cccc(/C=N/NC(=O)c2c(O)c3ccccc3[nH]c2=O)c1. The number of aromatic hydroxyl groups is 1. The molecule has 2 aromatic carbocycles. The molecule has 3 aromatic rings. The largest absolute Gasteiger partial charge is 0.506 e. The van der Waals surface area contributed by atoms with Gasteiger partial charge in [0.25, 0.3) is 11.5 Å². The number of carbonyl (C=O) groups excluding carboxylic acids is 1. The molecule has 126 valence electrons. The van der Waals surface area contributed by atoms with E-state index in [1.807, 2.05) is 0 Å². The van der Waals surface area contributed by atoms with Crippen molar-refractivity contribution in [3.63, 3.8) is 0 Å². The van der Waals surface area contributed by atoms with Gasteiger partial charge < -0.3 is 14.8 Å². The Hall–Kier alpha value is -3.61. The molecule has 1 aromatic heterocycles. The van der Waals surface area contributed by atoms with Gasteiger partial charge in [-0.3, -0.25) is 9.59 Å². The molecule has 0 aliphatic rings. The number of benzene rings is 2. The zero-order valence-electron chi connectivity index (χ0n) is 13.3. The topological polar surface area (TPSA) is 104 Å². The Morgan fingerprint density at radius 1 is 1.24 bits per heavy atom. The number of hydrazone groups is 1. The molecule has 25 heavy (non-hydrogen) atoms. The minimum atomic E-state index is -0.802. The molecule has 0 aliphatic heterocycles. The number of methoxy groups -OCH3 is 1. The van der Waals surface area contributed by atoms with Gasteiger partial charge in [0.2, 0.25) is 0 Å². The summed E-state index contributed by atoms with van der Waals surface area (Å²) in [7, 11) is 1.55. The summed E-state index contributed by atoms with van der Waals surface area (Å²) < 4.78 is 5.10. The molecule has 0 saturated carbocycles. The van der Waals surface area contributed by atoms with Crippen LogP contribution in [0.3, 0.4) is 0 Å². The second-order valence-corrected chi connectivity index (χ2v) is 5.20. The van der Waals surface area contributed by atoms with Crippen LogP contribution in [0.25, 0.3) is 10.9 Å². The van der Waals surface area contributed by atoms with Gasteiger partial charge >= 0.3 is 0 Å².